The highest BCUT2D eigenvalue weighted by Gasteiger charge is 2.19. The Bertz CT molecular complexity index is 405. The van der Waals surface area contributed by atoms with Crippen molar-refractivity contribution in [2.24, 2.45) is 0 Å². The van der Waals surface area contributed by atoms with Gasteiger partial charge in [-0.1, -0.05) is 22.0 Å². The van der Waals surface area contributed by atoms with Crippen molar-refractivity contribution in [1.29, 1.82) is 0 Å². The van der Waals surface area contributed by atoms with Gasteiger partial charge in [-0.15, -0.1) is 0 Å². The van der Waals surface area contributed by atoms with E-state index < -0.39 is 0 Å². The summed E-state index contributed by atoms with van der Waals surface area (Å²) >= 11 is 3.38. The lowest BCUT2D eigenvalue weighted by molar-refractivity contribution is 0.0141. The molecule has 19 heavy (non-hydrogen) atoms. The Kier molecular flexibility index (Phi) is 5.79. The van der Waals surface area contributed by atoms with E-state index in [0.29, 0.717) is 6.10 Å². The molecule has 4 heteroatoms. The highest BCUT2D eigenvalue weighted by molar-refractivity contribution is 9.09. The Morgan fingerprint density at radius 1 is 1.37 bits per heavy atom. The molecule has 1 aliphatic rings. The van der Waals surface area contributed by atoms with Crippen LogP contribution < -0.4 is 0 Å². The Balaban J connectivity index is 1.83. The third-order valence-electron chi connectivity index (χ3n) is 3.67. The normalized spacial score (nSPS) is 17.8. The fraction of sp³-hybridized carbons (Fsp3) is 0.600. The lowest BCUT2D eigenvalue weighted by Gasteiger charge is -2.32. The first-order valence-corrected chi connectivity index (χ1v) is 7.96. The highest BCUT2D eigenvalue weighted by Crippen LogP contribution is 2.18. The fourth-order valence-corrected chi connectivity index (χ4v) is 2.68. The number of ether oxygens (including phenoxy) is 1. The number of aryl methyl sites for hydroxylation is 1. The molecule has 1 aromatic rings. The summed E-state index contributed by atoms with van der Waals surface area (Å²) in [5.74, 6) is -0.142. The maximum atomic E-state index is 13.3. The van der Waals surface area contributed by atoms with Crippen LogP contribution in [-0.2, 0) is 11.3 Å². The van der Waals surface area contributed by atoms with Crippen molar-refractivity contribution in [2.45, 2.75) is 32.4 Å². The second kappa shape index (κ2) is 7.36. The van der Waals surface area contributed by atoms with Gasteiger partial charge >= 0.3 is 0 Å². The summed E-state index contributed by atoms with van der Waals surface area (Å²) in [6, 6.07) is 5.04. The molecule has 0 atom stereocenters. The number of rotatable bonds is 5. The van der Waals surface area contributed by atoms with E-state index in [0.717, 1.165) is 50.0 Å². The van der Waals surface area contributed by atoms with Crippen molar-refractivity contribution in [3.05, 3.63) is 35.1 Å². The molecule has 1 aromatic carbocycles. The number of halogens is 2. The standard InChI is InChI=1S/C15H21BrFNO/c1-12-2-3-14(17)10-13(12)11-18-7-4-15(5-8-18)19-9-6-16/h2-3,10,15H,4-9,11H2,1H3. The molecule has 106 valence electrons. The van der Waals surface area contributed by atoms with Crippen LogP contribution in [0.15, 0.2) is 18.2 Å². The minimum atomic E-state index is -0.142. The first kappa shape index (κ1) is 14.9. The molecule has 0 aromatic heterocycles. The average molecular weight is 330 g/mol. The molecule has 2 rings (SSSR count). The van der Waals surface area contributed by atoms with Crippen LogP contribution in [-0.4, -0.2) is 36.0 Å². The van der Waals surface area contributed by atoms with Crippen LogP contribution in [0.2, 0.25) is 0 Å². The van der Waals surface area contributed by atoms with Gasteiger partial charge in [0.05, 0.1) is 12.7 Å². The van der Waals surface area contributed by atoms with E-state index in [4.69, 9.17) is 4.74 Å². The van der Waals surface area contributed by atoms with E-state index in [9.17, 15) is 4.39 Å². The molecule has 0 radical (unpaired) electrons. The molecule has 0 aliphatic carbocycles. The number of alkyl halides is 1. The predicted molar refractivity (Wildman–Crippen MR) is 79.2 cm³/mol. The number of likely N-dealkylation sites (tertiary alicyclic amines) is 1. The largest absolute Gasteiger partial charge is 0.377 e. The Morgan fingerprint density at radius 3 is 2.79 bits per heavy atom. The predicted octanol–water partition coefficient (Wildman–Crippen LogP) is 3.51. The lowest BCUT2D eigenvalue weighted by Crippen LogP contribution is -2.36. The SMILES string of the molecule is Cc1ccc(F)cc1CN1CCC(OCCBr)CC1. The van der Waals surface area contributed by atoms with Crippen LogP contribution >= 0.6 is 15.9 Å². The third kappa shape index (κ3) is 4.55. The molecular weight excluding hydrogens is 309 g/mol. The van der Waals surface area contributed by atoms with E-state index >= 15 is 0 Å². The smallest absolute Gasteiger partial charge is 0.123 e. The van der Waals surface area contributed by atoms with Crippen LogP contribution in [0, 0.1) is 12.7 Å². The Morgan fingerprint density at radius 2 is 2.11 bits per heavy atom. The van der Waals surface area contributed by atoms with Crippen molar-refractivity contribution in [1.82, 2.24) is 4.90 Å². The maximum absolute atomic E-state index is 13.3. The fourth-order valence-electron chi connectivity index (χ4n) is 2.50. The molecule has 1 aliphatic heterocycles. The van der Waals surface area contributed by atoms with E-state index in [2.05, 4.69) is 20.8 Å². The minimum absolute atomic E-state index is 0.142. The van der Waals surface area contributed by atoms with Crippen LogP contribution in [0.3, 0.4) is 0 Å². The first-order valence-electron chi connectivity index (χ1n) is 6.84. The van der Waals surface area contributed by atoms with Gasteiger partial charge in [0.25, 0.3) is 0 Å². The lowest BCUT2D eigenvalue weighted by atomic mass is 10.0. The topological polar surface area (TPSA) is 12.5 Å². The van der Waals surface area contributed by atoms with Crippen molar-refractivity contribution >= 4 is 15.9 Å². The van der Waals surface area contributed by atoms with Gasteiger partial charge in [0, 0.05) is 25.0 Å². The van der Waals surface area contributed by atoms with Crippen LogP contribution in [0.5, 0.6) is 0 Å². The summed E-state index contributed by atoms with van der Waals surface area (Å²) in [6.07, 6.45) is 2.53. The molecule has 0 unspecified atom stereocenters. The number of hydrogen-bond acceptors (Lipinski definition) is 2. The Labute approximate surface area is 123 Å². The first-order chi connectivity index (χ1) is 9.19. The number of hydrogen-bond donors (Lipinski definition) is 0. The van der Waals surface area contributed by atoms with Crippen molar-refractivity contribution < 1.29 is 9.13 Å². The molecule has 2 nitrogen and oxygen atoms in total. The van der Waals surface area contributed by atoms with Gasteiger partial charge < -0.3 is 4.74 Å². The van der Waals surface area contributed by atoms with Gasteiger partial charge in [0.15, 0.2) is 0 Å². The zero-order valence-corrected chi connectivity index (χ0v) is 13.0. The van der Waals surface area contributed by atoms with Gasteiger partial charge in [-0.25, -0.2) is 4.39 Å². The molecule has 0 saturated carbocycles. The molecule has 0 N–H and O–H groups in total. The quantitative estimate of drug-likeness (QED) is 0.766. The van der Waals surface area contributed by atoms with Gasteiger partial charge in [0.2, 0.25) is 0 Å². The van der Waals surface area contributed by atoms with E-state index in [1.165, 1.54) is 11.6 Å². The van der Waals surface area contributed by atoms with Crippen molar-refractivity contribution in [3.8, 4) is 0 Å². The van der Waals surface area contributed by atoms with Crippen LogP contribution in [0.4, 0.5) is 4.39 Å². The van der Waals surface area contributed by atoms with E-state index in [-0.39, 0.29) is 5.82 Å². The summed E-state index contributed by atoms with van der Waals surface area (Å²) in [6.45, 7) is 5.73. The van der Waals surface area contributed by atoms with Gasteiger partial charge in [0.1, 0.15) is 5.82 Å². The van der Waals surface area contributed by atoms with Crippen molar-refractivity contribution in [2.75, 3.05) is 25.0 Å². The van der Waals surface area contributed by atoms with Gasteiger partial charge in [-0.05, 0) is 43.0 Å². The highest BCUT2D eigenvalue weighted by atomic mass is 79.9. The minimum Gasteiger partial charge on any atom is -0.377 e. The van der Waals surface area contributed by atoms with Crippen LogP contribution in [0.1, 0.15) is 24.0 Å². The Hall–Kier alpha value is -0.450. The van der Waals surface area contributed by atoms with Crippen molar-refractivity contribution in [3.63, 3.8) is 0 Å². The number of piperidine rings is 1. The summed E-state index contributed by atoms with van der Waals surface area (Å²) in [5, 5.41) is 0.899. The zero-order valence-electron chi connectivity index (χ0n) is 11.4. The summed E-state index contributed by atoms with van der Waals surface area (Å²) in [4.78, 5) is 2.38. The molecule has 1 saturated heterocycles. The zero-order chi connectivity index (χ0) is 13.7. The second-order valence-electron chi connectivity index (χ2n) is 5.11. The monoisotopic (exact) mass is 329 g/mol. The van der Waals surface area contributed by atoms with Crippen LogP contribution in [0.25, 0.3) is 0 Å². The summed E-state index contributed by atoms with van der Waals surface area (Å²) in [5.41, 5.74) is 2.26. The summed E-state index contributed by atoms with van der Waals surface area (Å²) < 4.78 is 19.0. The average Bonchev–Trinajstić information content (AvgIpc) is 2.42. The number of nitrogens with zero attached hydrogens (tertiary/aromatic N) is 1. The molecule has 0 spiro atoms. The van der Waals surface area contributed by atoms with Gasteiger partial charge in [-0.2, -0.15) is 0 Å². The summed E-state index contributed by atoms with van der Waals surface area (Å²) in [7, 11) is 0. The van der Waals surface area contributed by atoms with E-state index in [1.807, 2.05) is 13.0 Å². The maximum Gasteiger partial charge on any atom is 0.123 e. The molecule has 1 fully saturated rings. The molecule has 1 heterocycles. The second-order valence-corrected chi connectivity index (χ2v) is 5.90. The molecule has 0 bridgehead atoms. The molecular formula is C15H21BrFNO. The molecule has 0 amide bonds. The number of benzene rings is 1. The van der Waals surface area contributed by atoms with Gasteiger partial charge in [-0.3, -0.25) is 4.90 Å². The third-order valence-corrected chi connectivity index (χ3v) is 3.99. The van der Waals surface area contributed by atoms with E-state index in [1.54, 1.807) is 6.07 Å².